The van der Waals surface area contributed by atoms with Crippen LogP contribution in [0.4, 0.5) is 5.82 Å². The quantitative estimate of drug-likeness (QED) is 0.0116. The number of anilines is 1. The van der Waals surface area contributed by atoms with E-state index in [1.807, 2.05) is 12.2 Å². The lowest BCUT2D eigenvalue weighted by atomic mass is 10.0. The number of esters is 2. The number of allylic oxidation sites excluding steroid dienone is 5. The molecular weight excluding hydrogens is 997 g/mol. The van der Waals surface area contributed by atoms with Gasteiger partial charge in [-0.3, -0.25) is 23.2 Å². The Morgan fingerprint density at radius 2 is 1.32 bits per heavy atom. The van der Waals surface area contributed by atoms with E-state index >= 15 is 0 Å². The van der Waals surface area contributed by atoms with E-state index in [-0.39, 0.29) is 31.5 Å². The average Bonchev–Trinajstić information content (AvgIpc) is 3.62. The molecule has 1 aliphatic heterocycles. The van der Waals surface area contributed by atoms with Gasteiger partial charge in [0, 0.05) is 19.0 Å². The van der Waals surface area contributed by atoms with Crippen LogP contribution in [-0.2, 0) is 46.3 Å². The number of phosphoric acid groups is 2. The van der Waals surface area contributed by atoms with Crippen LogP contribution in [0.1, 0.15) is 207 Å². The molecule has 1 aromatic rings. The van der Waals surface area contributed by atoms with Crippen molar-refractivity contribution >= 4 is 33.4 Å². The maximum absolute atomic E-state index is 12.9. The first kappa shape index (κ1) is 67.1. The number of aliphatic hydroxyl groups is 3. The van der Waals surface area contributed by atoms with Crippen molar-refractivity contribution in [1.29, 1.82) is 0 Å². The van der Waals surface area contributed by atoms with Crippen LogP contribution in [0.25, 0.3) is 0 Å². The number of nitrogen functional groups attached to an aromatic ring is 1. The summed E-state index contributed by atoms with van der Waals surface area (Å²) in [4.78, 5) is 62.0. The molecule has 1 saturated heterocycles. The monoisotopic (exact) mass is 1090 g/mol. The van der Waals surface area contributed by atoms with Crippen LogP contribution in [-0.4, -0.2) is 96.9 Å². The van der Waals surface area contributed by atoms with Gasteiger partial charge in [0.25, 0.3) is 0 Å². The van der Waals surface area contributed by atoms with E-state index in [1.165, 1.54) is 115 Å². The number of nitrogens with two attached hydrogens (primary N) is 1. The molecule has 0 saturated carbocycles. The molecule has 1 fully saturated rings. The van der Waals surface area contributed by atoms with Gasteiger partial charge in [0.05, 0.1) is 19.3 Å². The minimum Gasteiger partial charge on any atom is -0.462 e. The summed E-state index contributed by atoms with van der Waals surface area (Å²) in [6.07, 6.45) is 32.5. The molecule has 74 heavy (non-hydrogen) atoms. The van der Waals surface area contributed by atoms with Crippen molar-refractivity contribution in [2.75, 3.05) is 25.6 Å². The highest BCUT2D eigenvalue weighted by Gasteiger charge is 2.46. The molecule has 0 aliphatic carbocycles. The zero-order valence-electron chi connectivity index (χ0n) is 44.7. The van der Waals surface area contributed by atoms with E-state index < -0.39 is 89.8 Å². The summed E-state index contributed by atoms with van der Waals surface area (Å²) >= 11 is 0. The summed E-state index contributed by atoms with van der Waals surface area (Å²) in [5, 5.41) is 31.3. The molecule has 0 spiro atoms. The second kappa shape index (κ2) is 40.2. The summed E-state index contributed by atoms with van der Waals surface area (Å²) in [6, 6.07) is 1.24. The van der Waals surface area contributed by atoms with Crippen LogP contribution < -0.4 is 11.4 Å². The van der Waals surface area contributed by atoms with Gasteiger partial charge in [-0.25, -0.2) is 13.9 Å². The highest BCUT2D eigenvalue weighted by molar-refractivity contribution is 7.61. The molecule has 0 aromatic carbocycles. The lowest BCUT2D eigenvalue weighted by Gasteiger charge is -2.21. The Hall–Kier alpha value is -3.06. The number of aliphatic hydroxyl groups excluding tert-OH is 3. The zero-order valence-corrected chi connectivity index (χ0v) is 46.5. The largest absolute Gasteiger partial charge is 0.481 e. The minimum absolute atomic E-state index is 0.0905. The summed E-state index contributed by atoms with van der Waals surface area (Å²) in [6.45, 7) is 4.32. The van der Waals surface area contributed by atoms with Gasteiger partial charge in [-0.2, -0.15) is 9.29 Å². The Morgan fingerprint density at radius 3 is 1.95 bits per heavy atom. The number of phosphoric ester groups is 2. The van der Waals surface area contributed by atoms with E-state index in [2.05, 4.69) is 42.2 Å². The highest BCUT2D eigenvalue weighted by atomic mass is 31.3. The number of carbonyl (C=O) groups excluding carboxylic acids is 2. The second-order valence-corrected chi connectivity index (χ2v) is 22.8. The minimum atomic E-state index is -5.47. The molecule has 7 N–H and O–H groups in total. The van der Waals surface area contributed by atoms with Crippen molar-refractivity contribution in [1.82, 2.24) is 9.55 Å². The maximum atomic E-state index is 12.9. The Labute approximate surface area is 440 Å². The van der Waals surface area contributed by atoms with Crippen molar-refractivity contribution in [3.63, 3.8) is 0 Å². The van der Waals surface area contributed by atoms with Crippen molar-refractivity contribution in [3.8, 4) is 0 Å². The summed E-state index contributed by atoms with van der Waals surface area (Å²) in [5.74, 6) is -0.697. The molecule has 19 nitrogen and oxygen atoms in total. The summed E-state index contributed by atoms with van der Waals surface area (Å²) in [5.41, 5.74) is 4.58. The van der Waals surface area contributed by atoms with Crippen LogP contribution in [0.3, 0.4) is 0 Å². The van der Waals surface area contributed by atoms with Gasteiger partial charge in [0.2, 0.25) is 0 Å². The lowest BCUT2D eigenvalue weighted by Crippen LogP contribution is -2.36. The number of hydrogen-bond acceptors (Lipinski definition) is 16. The maximum Gasteiger partial charge on any atom is 0.481 e. The van der Waals surface area contributed by atoms with E-state index in [1.54, 1.807) is 12.2 Å². The standard InChI is InChI=1S/C53H93N3O16P2/c1-4-5-6-7-8-9-10-14-18-21-24-27-30-34-44(57)35-32-37-49(59)70-45(40-67-48(58)36-31-28-25-22-19-16-13-11-12-15-17-20-23-26-29-33-43(2)3)41-68-73(63,64)72-74(65,66)69-42-46-50(60)51(61)52(71-46)56-39-38-47(54)55-53(56)62/h14,18,24,27,30,34,38-39,43-46,50-52,57,60-61H,4-13,15-17,19-23,25-26,28-29,31-33,35-37,40-42H2,1-3H3,(H,63,64)(H,65,66)(H2,54,55,62)/b18-14+,27-24+,34-30+/t44?,45-,46-,50-,51-,52-/m1/s1. The number of carbonyl (C=O) groups is 2. The van der Waals surface area contributed by atoms with Crippen molar-refractivity contribution in [3.05, 3.63) is 59.2 Å². The molecule has 3 unspecified atom stereocenters. The normalized spacial score (nSPS) is 19.6. The fourth-order valence-electron chi connectivity index (χ4n) is 8.21. The van der Waals surface area contributed by atoms with Gasteiger partial charge in [0.1, 0.15) is 30.7 Å². The molecular formula is C53H93N3O16P2. The third-order valence-electron chi connectivity index (χ3n) is 12.5. The SMILES string of the molecule is CCCCCCCC/C=C/C/C=C/C=C/C(O)CCCC(=O)O[C@H](COC(=O)CCCCCCCCCCCCCCCCCC(C)C)COP(=O)(O)OP(=O)(O)OC[C@H]1O[C@@H](n2ccc(N)nc2=O)[C@H](O)[C@@H]1O. The van der Waals surface area contributed by atoms with Crippen molar-refractivity contribution in [2.45, 2.75) is 237 Å². The lowest BCUT2D eigenvalue weighted by molar-refractivity contribution is -0.161. The Bertz CT molecular complexity index is 1910. The van der Waals surface area contributed by atoms with E-state index in [9.17, 15) is 48.6 Å². The van der Waals surface area contributed by atoms with Crippen LogP contribution in [0.2, 0.25) is 0 Å². The van der Waals surface area contributed by atoms with Crippen LogP contribution >= 0.6 is 15.6 Å². The average molecular weight is 1090 g/mol. The topological polar surface area (TPSA) is 286 Å². The van der Waals surface area contributed by atoms with Gasteiger partial charge < -0.3 is 45.1 Å². The molecule has 1 aromatic heterocycles. The Morgan fingerprint density at radius 1 is 0.743 bits per heavy atom. The van der Waals surface area contributed by atoms with E-state index in [4.69, 9.17) is 29.0 Å². The van der Waals surface area contributed by atoms with Crippen LogP contribution in [0.15, 0.2) is 53.5 Å². The fraction of sp³-hybridized carbons (Fsp3) is 0.774. The second-order valence-electron chi connectivity index (χ2n) is 19.8. The molecule has 0 amide bonds. The number of nitrogens with zero attached hydrogens (tertiary/aromatic N) is 2. The summed E-state index contributed by atoms with van der Waals surface area (Å²) in [7, 11) is -10.9. The molecule has 8 atom stereocenters. The van der Waals surface area contributed by atoms with E-state index in [0.29, 0.717) is 6.42 Å². The molecule has 0 radical (unpaired) electrons. The van der Waals surface area contributed by atoms with Gasteiger partial charge in [-0.1, -0.05) is 186 Å². The Kier molecular flexibility index (Phi) is 36.4. The van der Waals surface area contributed by atoms with Crippen molar-refractivity contribution in [2.24, 2.45) is 5.92 Å². The predicted octanol–water partition coefficient (Wildman–Crippen LogP) is 10.8. The number of ether oxygens (including phenoxy) is 3. The first-order chi connectivity index (χ1) is 35.4. The van der Waals surface area contributed by atoms with Gasteiger partial charge in [-0.15, -0.1) is 0 Å². The van der Waals surface area contributed by atoms with Gasteiger partial charge in [-0.05, 0) is 50.5 Å². The van der Waals surface area contributed by atoms with Crippen molar-refractivity contribution < 1.29 is 71.4 Å². The predicted molar refractivity (Wildman–Crippen MR) is 286 cm³/mol. The third-order valence-corrected chi connectivity index (χ3v) is 15.1. The number of aromatic nitrogens is 2. The highest BCUT2D eigenvalue weighted by Crippen LogP contribution is 2.60. The smallest absolute Gasteiger partial charge is 0.462 e. The summed E-state index contributed by atoms with van der Waals surface area (Å²) < 4.78 is 56.7. The molecule has 1 aliphatic rings. The number of hydrogen-bond donors (Lipinski definition) is 6. The van der Waals surface area contributed by atoms with E-state index in [0.717, 1.165) is 55.2 Å². The van der Waals surface area contributed by atoms with Crippen LogP contribution in [0.5, 0.6) is 0 Å². The zero-order chi connectivity index (χ0) is 54.5. The number of rotatable bonds is 45. The van der Waals surface area contributed by atoms with Gasteiger partial charge in [0.15, 0.2) is 12.3 Å². The first-order valence-corrected chi connectivity index (χ1v) is 30.5. The molecule has 2 rings (SSSR count). The molecule has 426 valence electrons. The number of unbranched alkanes of at least 4 members (excludes halogenated alkanes) is 20. The van der Waals surface area contributed by atoms with Crippen LogP contribution in [0, 0.1) is 5.92 Å². The fourth-order valence-corrected chi connectivity index (χ4v) is 10.3. The molecule has 0 bridgehead atoms. The Balaban J connectivity index is 1.82. The third kappa shape index (κ3) is 33.2. The first-order valence-electron chi connectivity index (χ1n) is 27.5. The molecule has 21 heteroatoms. The van der Waals surface area contributed by atoms with Gasteiger partial charge >= 0.3 is 33.3 Å². The molecule has 2 heterocycles.